The molecule has 4 heterocycles. The lowest BCUT2D eigenvalue weighted by atomic mass is 10.1. The van der Waals surface area contributed by atoms with Crippen molar-refractivity contribution in [1.82, 2.24) is 24.6 Å². The molecular formula is C19H21N5O. The van der Waals surface area contributed by atoms with Crippen LogP contribution in [0.5, 0.6) is 0 Å². The molecule has 1 aliphatic rings. The van der Waals surface area contributed by atoms with Crippen LogP contribution in [-0.2, 0) is 18.3 Å². The first kappa shape index (κ1) is 11.9. The number of Topliss-reactive ketones (excluding diaryl/α,β-unsaturated/α-hetero) is 1. The van der Waals surface area contributed by atoms with Crippen molar-refractivity contribution in [2.45, 2.75) is 19.3 Å². The van der Waals surface area contributed by atoms with Crippen molar-refractivity contribution < 1.29 is 10.3 Å². The molecule has 0 saturated carbocycles. The number of nitrogens with zero attached hydrogens (tertiary/aromatic N) is 5. The normalized spacial score (nSPS) is 21.5. The molecule has 0 aliphatic carbocycles. The van der Waals surface area contributed by atoms with Crippen molar-refractivity contribution in [2.24, 2.45) is 7.05 Å². The zero-order valence-electron chi connectivity index (χ0n) is 17.9. The molecule has 0 atom stereocenters. The first-order valence-electron chi connectivity index (χ1n) is 10.2. The van der Waals surface area contributed by atoms with E-state index in [1.54, 1.807) is 23.3 Å². The first-order chi connectivity index (χ1) is 13.6. The molecule has 25 heavy (non-hydrogen) atoms. The molecule has 3 aromatic heterocycles. The molecule has 0 N–H and O–H groups in total. The molecule has 0 radical (unpaired) electrons. The maximum absolute atomic E-state index is 12.5. The fourth-order valence-corrected chi connectivity index (χ4v) is 2.88. The molecule has 6 nitrogen and oxygen atoms in total. The van der Waals surface area contributed by atoms with Crippen LogP contribution in [0.2, 0.25) is 0 Å². The highest BCUT2D eigenvalue weighted by Gasteiger charge is 2.16. The monoisotopic (exact) mass is 339 g/mol. The second kappa shape index (κ2) is 6.72. The fourth-order valence-electron chi connectivity index (χ4n) is 2.88. The van der Waals surface area contributed by atoms with Crippen molar-refractivity contribution >= 4 is 16.6 Å². The largest absolute Gasteiger partial charge is 0.298 e. The summed E-state index contributed by atoms with van der Waals surface area (Å²) in [6.07, 6.45) is 7.16. The molecule has 1 saturated heterocycles. The summed E-state index contributed by atoms with van der Waals surface area (Å²) in [5, 5.41) is 5.90. The lowest BCUT2D eigenvalue weighted by molar-refractivity contribution is -0.119. The number of likely N-dealkylation sites (tertiary alicyclic amines) is 1. The Balaban J connectivity index is 1.54. The van der Waals surface area contributed by atoms with Crippen molar-refractivity contribution in [2.75, 3.05) is 19.5 Å². The van der Waals surface area contributed by atoms with Crippen LogP contribution in [0.3, 0.4) is 0 Å². The Morgan fingerprint density at radius 3 is 2.72 bits per heavy atom. The average Bonchev–Trinajstić information content (AvgIpc) is 3.18. The van der Waals surface area contributed by atoms with Gasteiger partial charge in [0.05, 0.1) is 24.9 Å². The van der Waals surface area contributed by atoms with Gasteiger partial charge in [-0.05, 0) is 43.4 Å². The van der Waals surface area contributed by atoms with Gasteiger partial charge in [0.2, 0.25) is 0 Å². The topological polar surface area (TPSA) is 63.9 Å². The highest BCUT2D eigenvalue weighted by atomic mass is 16.1. The number of carbonyl (C=O) groups excluding carboxylic acids is 1. The molecule has 0 amide bonds. The van der Waals surface area contributed by atoms with E-state index in [9.17, 15) is 4.79 Å². The molecule has 128 valence electrons. The van der Waals surface area contributed by atoms with Crippen LogP contribution in [0.1, 0.15) is 24.0 Å². The van der Waals surface area contributed by atoms with E-state index >= 15 is 0 Å². The predicted octanol–water partition coefficient (Wildman–Crippen LogP) is 2.24. The highest BCUT2D eigenvalue weighted by molar-refractivity contribution is 5.87. The van der Waals surface area contributed by atoms with Gasteiger partial charge in [-0.2, -0.15) is 5.10 Å². The van der Waals surface area contributed by atoms with E-state index in [-0.39, 0.29) is 31.6 Å². The number of hydrogen-bond donors (Lipinski definition) is 0. The first-order valence-corrected chi connectivity index (χ1v) is 8.17. The van der Waals surface area contributed by atoms with Gasteiger partial charge < -0.3 is 0 Å². The Labute approximate surface area is 152 Å². The number of pyridine rings is 2. The van der Waals surface area contributed by atoms with Gasteiger partial charge in [-0.25, -0.2) is 0 Å². The van der Waals surface area contributed by atoms with Crippen LogP contribution in [0.25, 0.3) is 22.0 Å². The summed E-state index contributed by atoms with van der Waals surface area (Å²) in [7, 11) is 1.84. The lowest BCUT2D eigenvalue weighted by Gasteiger charge is -2.13. The van der Waals surface area contributed by atoms with Gasteiger partial charge in [0.25, 0.3) is 0 Å². The summed E-state index contributed by atoms with van der Waals surface area (Å²) < 4.78 is 33.5. The van der Waals surface area contributed by atoms with E-state index in [1.807, 2.05) is 25.4 Å². The third-order valence-electron chi connectivity index (χ3n) is 4.10. The second-order valence-electron chi connectivity index (χ2n) is 6.11. The molecule has 0 bridgehead atoms. The van der Waals surface area contributed by atoms with Crippen molar-refractivity contribution in [3.8, 4) is 11.3 Å². The summed E-state index contributed by atoms with van der Waals surface area (Å²) in [5.41, 5.74) is 2.22. The van der Waals surface area contributed by atoms with Crippen LogP contribution < -0.4 is 0 Å². The Morgan fingerprint density at radius 1 is 1.16 bits per heavy atom. The maximum Gasteiger partial charge on any atom is 0.152 e. The Bertz CT molecular complexity index is 1070. The maximum atomic E-state index is 12.5. The Morgan fingerprint density at radius 2 is 1.96 bits per heavy atom. The smallest absolute Gasteiger partial charge is 0.152 e. The number of rotatable bonds is 5. The summed E-state index contributed by atoms with van der Waals surface area (Å²) >= 11 is 0. The highest BCUT2D eigenvalue weighted by Crippen LogP contribution is 2.21. The van der Waals surface area contributed by atoms with Crippen LogP contribution in [0, 0.1) is 0 Å². The number of carbonyl (C=O) groups is 1. The Kier molecular flexibility index (Phi) is 3.19. The van der Waals surface area contributed by atoms with E-state index in [2.05, 4.69) is 15.1 Å². The van der Waals surface area contributed by atoms with Crippen molar-refractivity contribution in [3.05, 3.63) is 42.6 Å². The van der Waals surface area contributed by atoms with Crippen LogP contribution >= 0.6 is 0 Å². The van der Waals surface area contributed by atoms with Gasteiger partial charge in [-0.1, -0.05) is 0 Å². The zero-order chi connectivity index (χ0) is 20.8. The zero-order valence-corrected chi connectivity index (χ0v) is 13.9. The molecule has 0 spiro atoms. The van der Waals surface area contributed by atoms with Crippen molar-refractivity contribution in [1.29, 1.82) is 0 Å². The summed E-state index contributed by atoms with van der Waals surface area (Å²) in [6, 6.07) is 3.74. The lowest BCUT2D eigenvalue weighted by Crippen LogP contribution is -2.27. The molecule has 6 heteroatoms. The van der Waals surface area contributed by atoms with Gasteiger partial charge in [0.1, 0.15) is 0 Å². The van der Waals surface area contributed by atoms with Crippen LogP contribution in [0.4, 0.5) is 0 Å². The van der Waals surface area contributed by atoms with Gasteiger partial charge in [0.15, 0.2) is 5.78 Å². The standard InChI is InChI=1S/C19H21N5O/c1-23-12-16(11-22-23)19-7-14-6-17(20-9-15(14)10-21-19)8-18(25)13-24-4-2-3-5-24/h6-7,9-12H,2-5,8,13H2,1H3/i4D2,5D2. The van der Waals surface area contributed by atoms with Gasteiger partial charge in [-0.15, -0.1) is 0 Å². The summed E-state index contributed by atoms with van der Waals surface area (Å²) in [5.74, 6) is -0.270. The van der Waals surface area contributed by atoms with E-state index in [0.717, 1.165) is 26.9 Å². The third-order valence-corrected chi connectivity index (χ3v) is 4.10. The quantitative estimate of drug-likeness (QED) is 0.713. The second-order valence-corrected chi connectivity index (χ2v) is 6.11. The van der Waals surface area contributed by atoms with E-state index in [0.29, 0.717) is 5.69 Å². The number of hydrogen-bond acceptors (Lipinski definition) is 5. The fraction of sp³-hybridized carbons (Fsp3) is 0.368. The van der Waals surface area contributed by atoms with Gasteiger partial charge in [0, 0.05) is 47.8 Å². The average molecular weight is 339 g/mol. The van der Waals surface area contributed by atoms with E-state index < -0.39 is 13.0 Å². The molecule has 0 aromatic carbocycles. The molecular weight excluding hydrogens is 314 g/mol. The third kappa shape index (κ3) is 3.58. The van der Waals surface area contributed by atoms with Gasteiger partial charge >= 0.3 is 0 Å². The summed E-state index contributed by atoms with van der Waals surface area (Å²) in [6.45, 7) is -3.92. The molecule has 1 aliphatic heterocycles. The van der Waals surface area contributed by atoms with E-state index in [4.69, 9.17) is 5.48 Å². The van der Waals surface area contributed by atoms with Crippen LogP contribution in [-0.4, -0.2) is 50.0 Å². The molecule has 0 unspecified atom stereocenters. The SMILES string of the molecule is [2H]C1([2H])CCC([2H])([2H])N1CC(=O)Cc1cc2cc(-c3cnn(C)c3)ncc2cn1. The minimum atomic E-state index is -1.82. The molecule has 4 rings (SSSR count). The molecule has 1 fully saturated rings. The Hall–Kier alpha value is -2.60. The molecule has 3 aromatic rings. The number of ketones is 1. The summed E-state index contributed by atoms with van der Waals surface area (Å²) in [4.78, 5) is 22.3. The number of fused-ring (bicyclic) bond motifs is 1. The predicted molar refractivity (Wildman–Crippen MR) is 96.1 cm³/mol. The van der Waals surface area contributed by atoms with Crippen molar-refractivity contribution in [3.63, 3.8) is 0 Å². The van der Waals surface area contributed by atoms with E-state index in [1.165, 1.54) is 0 Å². The number of aryl methyl sites for hydroxylation is 1. The number of aromatic nitrogens is 4. The van der Waals surface area contributed by atoms with Crippen LogP contribution in [0.15, 0.2) is 36.9 Å². The van der Waals surface area contributed by atoms with Gasteiger partial charge in [-0.3, -0.25) is 24.3 Å². The minimum absolute atomic E-state index is 0.0170. The minimum Gasteiger partial charge on any atom is -0.298 e.